The topological polar surface area (TPSA) is 258 Å². The molecule has 0 radical (unpaired) electrons. The van der Waals surface area contributed by atoms with Crippen molar-refractivity contribution in [1.82, 2.24) is 0 Å². The lowest BCUT2D eigenvalue weighted by Crippen LogP contribution is -2.66. The highest BCUT2D eigenvalue weighted by molar-refractivity contribution is 4.96. The summed E-state index contributed by atoms with van der Waals surface area (Å²) in [5.41, 5.74) is 0. The molecular weight excluding hydrogens is 484 g/mol. The van der Waals surface area contributed by atoms with Gasteiger partial charge in [-0.3, -0.25) is 0 Å². The summed E-state index contributed by atoms with van der Waals surface area (Å²) in [4.78, 5) is 0. The van der Waals surface area contributed by atoms with Gasteiger partial charge in [-0.05, 0) is 0 Å². The van der Waals surface area contributed by atoms with E-state index in [1.54, 1.807) is 0 Å². The first-order valence-corrected chi connectivity index (χ1v) is 11.0. The second-order valence-corrected chi connectivity index (χ2v) is 8.55. The molecule has 0 aliphatic carbocycles. The van der Waals surface area contributed by atoms with Crippen LogP contribution in [0.25, 0.3) is 0 Å². The molecule has 16 heteroatoms. The van der Waals surface area contributed by atoms with E-state index < -0.39 is 112 Å². The third-order valence-electron chi connectivity index (χ3n) is 6.30. The molecule has 0 spiro atoms. The average Bonchev–Trinajstić information content (AvgIpc) is 2.86. The van der Waals surface area contributed by atoms with Crippen molar-refractivity contribution in [1.29, 1.82) is 0 Å². The Hall–Kier alpha value is -0.640. The number of ether oxygens (including phenoxy) is 6. The van der Waals surface area contributed by atoms with Gasteiger partial charge in [-0.25, -0.2) is 0 Å². The lowest BCUT2D eigenvalue weighted by atomic mass is 9.96. The van der Waals surface area contributed by atoms with E-state index in [0.29, 0.717) is 0 Å². The zero-order valence-electron chi connectivity index (χ0n) is 18.7. The maximum absolute atomic E-state index is 10.7. The average molecular weight is 518 g/mol. The Kier molecular flexibility index (Phi) is 10.1. The van der Waals surface area contributed by atoms with Crippen molar-refractivity contribution in [3.63, 3.8) is 0 Å². The number of aliphatic hydroxyl groups is 10. The Bertz CT molecular complexity index is 650. The summed E-state index contributed by atoms with van der Waals surface area (Å²) >= 11 is 0. The van der Waals surface area contributed by atoms with Crippen LogP contribution in [0.1, 0.15) is 0 Å². The Morgan fingerprint density at radius 2 is 0.857 bits per heavy atom. The number of rotatable bonds is 8. The van der Waals surface area contributed by atoms with Crippen LogP contribution in [0.5, 0.6) is 0 Å². The first-order chi connectivity index (χ1) is 16.6. The first kappa shape index (κ1) is 28.9. The van der Waals surface area contributed by atoms with E-state index in [9.17, 15) is 51.1 Å². The van der Waals surface area contributed by atoms with Crippen molar-refractivity contribution < 1.29 is 79.5 Å². The molecule has 0 amide bonds. The number of hydrogen-bond acceptors (Lipinski definition) is 16. The molecule has 16 nitrogen and oxygen atoms in total. The Labute approximate surface area is 199 Å². The lowest BCUT2D eigenvalue weighted by Gasteiger charge is -2.48. The molecule has 15 atom stereocenters. The summed E-state index contributed by atoms with van der Waals surface area (Å²) in [6.45, 7) is -2.21. The molecule has 3 rings (SSSR count). The molecule has 6 unspecified atom stereocenters. The first-order valence-electron chi connectivity index (χ1n) is 11.0. The van der Waals surface area contributed by atoms with Gasteiger partial charge in [-0.2, -0.15) is 0 Å². The van der Waals surface area contributed by atoms with Gasteiger partial charge in [0.15, 0.2) is 18.9 Å². The van der Waals surface area contributed by atoms with E-state index in [1.807, 2.05) is 0 Å². The minimum Gasteiger partial charge on any atom is -0.394 e. The highest BCUT2D eigenvalue weighted by Crippen LogP contribution is 2.32. The van der Waals surface area contributed by atoms with Crippen LogP contribution in [0.4, 0.5) is 0 Å². The Balaban J connectivity index is 1.72. The molecule has 35 heavy (non-hydrogen) atoms. The molecule has 0 aromatic heterocycles. The van der Waals surface area contributed by atoms with Crippen molar-refractivity contribution in [2.45, 2.75) is 92.1 Å². The van der Waals surface area contributed by atoms with Crippen molar-refractivity contribution in [3.8, 4) is 0 Å². The predicted octanol–water partition coefficient (Wildman–Crippen LogP) is -6.92. The molecule has 206 valence electrons. The van der Waals surface area contributed by atoms with Crippen LogP contribution in [0.2, 0.25) is 0 Å². The Morgan fingerprint density at radius 1 is 0.486 bits per heavy atom. The van der Waals surface area contributed by atoms with Crippen LogP contribution in [-0.2, 0) is 28.4 Å². The zero-order valence-corrected chi connectivity index (χ0v) is 18.7. The molecule has 10 N–H and O–H groups in total. The number of methoxy groups -OCH3 is 1. The molecule has 3 fully saturated rings. The highest BCUT2D eigenvalue weighted by Gasteiger charge is 2.53. The van der Waals surface area contributed by atoms with Crippen molar-refractivity contribution in [3.05, 3.63) is 0 Å². The monoisotopic (exact) mass is 518 g/mol. The maximum Gasteiger partial charge on any atom is 0.187 e. The van der Waals surface area contributed by atoms with Gasteiger partial charge in [0.25, 0.3) is 0 Å². The number of hydrogen-bond donors (Lipinski definition) is 10. The summed E-state index contributed by atoms with van der Waals surface area (Å²) in [6.07, 6.45) is -23.8. The van der Waals surface area contributed by atoms with Crippen molar-refractivity contribution >= 4 is 0 Å². The van der Waals surface area contributed by atoms with Crippen molar-refractivity contribution in [2.24, 2.45) is 0 Å². The summed E-state index contributed by atoms with van der Waals surface area (Å²) in [7, 11) is 1.21. The van der Waals surface area contributed by atoms with Gasteiger partial charge in [0.2, 0.25) is 0 Å². The number of aliphatic hydroxyl groups excluding tert-OH is 10. The van der Waals surface area contributed by atoms with Gasteiger partial charge in [0.05, 0.1) is 19.8 Å². The molecule has 0 bridgehead atoms. The fourth-order valence-electron chi connectivity index (χ4n) is 4.24. The molecule has 0 aromatic carbocycles. The van der Waals surface area contributed by atoms with E-state index >= 15 is 0 Å². The maximum atomic E-state index is 10.7. The van der Waals surface area contributed by atoms with E-state index in [-0.39, 0.29) is 0 Å². The van der Waals surface area contributed by atoms with Crippen LogP contribution < -0.4 is 0 Å². The summed E-state index contributed by atoms with van der Waals surface area (Å²) in [6, 6.07) is 0. The summed E-state index contributed by atoms with van der Waals surface area (Å²) in [5, 5.41) is 100. The second kappa shape index (κ2) is 12.3. The smallest absolute Gasteiger partial charge is 0.187 e. The van der Waals surface area contributed by atoms with E-state index in [4.69, 9.17) is 28.4 Å². The molecule has 0 aromatic rings. The standard InChI is InChI=1S/C19H34O16/c1-30-17-13(28)10(25)15(6(3-21)32-17)35-19-14(29)11(26)16(7(4-22)33-19)34-18-12(27)9(24)8(23)5(2-20)31-18/h5-29H,2-4H2,1H3/t5?,6?,7?,8-,9-,10+,11?,12?,13?,14-,15+,16-,17+,18+,19-/m0/s1. The van der Waals surface area contributed by atoms with Crippen LogP contribution in [-0.4, -0.2) is 170 Å². The molecule has 3 aliphatic rings. The third kappa shape index (κ3) is 5.78. The third-order valence-corrected chi connectivity index (χ3v) is 6.30. The van der Waals surface area contributed by atoms with Crippen LogP contribution in [0, 0.1) is 0 Å². The molecular formula is C19H34O16. The van der Waals surface area contributed by atoms with E-state index in [1.165, 1.54) is 7.11 Å². The molecule has 3 saturated heterocycles. The quantitative estimate of drug-likeness (QED) is 0.143. The second-order valence-electron chi connectivity index (χ2n) is 8.55. The van der Waals surface area contributed by atoms with Crippen LogP contribution >= 0.6 is 0 Å². The summed E-state index contributed by atoms with van der Waals surface area (Å²) in [5.74, 6) is 0. The molecule has 3 aliphatic heterocycles. The van der Waals surface area contributed by atoms with Crippen LogP contribution in [0.15, 0.2) is 0 Å². The molecule has 3 heterocycles. The van der Waals surface area contributed by atoms with Gasteiger partial charge >= 0.3 is 0 Å². The highest BCUT2D eigenvalue weighted by atomic mass is 16.8. The fourth-order valence-corrected chi connectivity index (χ4v) is 4.24. The lowest BCUT2D eigenvalue weighted by molar-refractivity contribution is -0.378. The zero-order chi connectivity index (χ0) is 26.0. The van der Waals surface area contributed by atoms with Gasteiger partial charge in [-0.15, -0.1) is 0 Å². The van der Waals surface area contributed by atoms with E-state index in [0.717, 1.165) is 0 Å². The van der Waals surface area contributed by atoms with Crippen LogP contribution in [0.3, 0.4) is 0 Å². The van der Waals surface area contributed by atoms with Gasteiger partial charge in [0.1, 0.15) is 73.2 Å². The Morgan fingerprint density at radius 3 is 1.29 bits per heavy atom. The fraction of sp³-hybridized carbons (Fsp3) is 1.00. The predicted molar refractivity (Wildman–Crippen MR) is 106 cm³/mol. The van der Waals surface area contributed by atoms with Gasteiger partial charge < -0.3 is 79.5 Å². The van der Waals surface area contributed by atoms with E-state index in [2.05, 4.69) is 0 Å². The minimum absolute atomic E-state index is 0.675. The van der Waals surface area contributed by atoms with Crippen molar-refractivity contribution in [2.75, 3.05) is 26.9 Å². The normalized spacial score (nSPS) is 51.3. The summed E-state index contributed by atoms with van der Waals surface area (Å²) < 4.78 is 31.9. The largest absolute Gasteiger partial charge is 0.394 e. The molecule has 0 saturated carbocycles. The SMILES string of the molecule is CO[C@@H]1OC(CO)[C@@H](O[C@@H]2OC(CO)[C@H](O[C@H]3OC(CO)[C@H](O)[C@H](O)C3O)C(O)[C@@H]2O)[C@H](O)C1O. The van der Waals surface area contributed by atoms with Gasteiger partial charge in [0, 0.05) is 7.11 Å². The minimum atomic E-state index is -1.88. The van der Waals surface area contributed by atoms with Gasteiger partial charge in [-0.1, -0.05) is 0 Å².